The van der Waals surface area contributed by atoms with Gasteiger partial charge in [-0.15, -0.1) is 0 Å². The molecule has 2 unspecified atom stereocenters. The monoisotopic (exact) mass is 263 g/mol. The molecule has 2 heteroatoms. The predicted octanol–water partition coefficient (Wildman–Crippen LogP) is 4.48. The van der Waals surface area contributed by atoms with Gasteiger partial charge in [0.1, 0.15) is 5.75 Å². The maximum Gasteiger partial charge on any atom is 0.123 e. The van der Waals surface area contributed by atoms with Gasteiger partial charge < -0.3 is 10.5 Å². The molecule has 19 heavy (non-hydrogen) atoms. The van der Waals surface area contributed by atoms with E-state index in [4.69, 9.17) is 10.5 Å². The summed E-state index contributed by atoms with van der Waals surface area (Å²) in [5, 5.41) is 0. The van der Waals surface area contributed by atoms with E-state index in [0.717, 1.165) is 17.7 Å². The molecule has 1 aromatic rings. The zero-order valence-electron chi connectivity index (χ0n) is 12.9. The van der Waals surface area contributed by atoms with E-state index in [1.165, 1.54) is 25.7 Å². The van der Waals surface area contributed by atoms with Crippen LogP contribution in [-0.2, 0) is 5.54 Å². The van der Waals surface area contributed by atoms with Crippen LogP contribution in [0.3, 0.4) is 0 Å². The van der Waals surface area contributed by atoms with E-state index in [9.17, 15) is 0 Å². The van der Waals surface area contributed by atoms with Crippen LogP contribution >= 0.6 is 0 Å². The van der Waals surface area contributed by atoms with Crippen LogP contribution in [0.15, 0.2) is 24.3 Å². The third kappa shape index (κ3) is 4.54. The Morgan fingerprint density at radius 1 is 1.26 bits per heavy atom. The summed E-state index contributed by atoms with van der Waals surface area (Å²) in [6.07, 6.45) is 6.04. The van der Waals surface area contributed by atoms with Gasteiger partial charge in [0, 0.05) is 11.1 Å². The van der Waals surface area contributed by atoms with Gasteiger partial charge in [-0.25, -0.2) is 0 Å². The minimum atomic E-state index is -0.318. The summed E-state index contributed by atoms with van der Waals surface area (Å²) in [4.78, 5) is 0. The van der Waals surface area contributed by atoms with Crippen molar-refractivity contribution in [2.45, 2.75) is 58.4 Å². The first-order chi connectivity index (χ1) is 9.05. The fraction of sp³-hybridized carbons (Fsp3) is 0.647. The average Bonchev–Trinajstić information content (AvgIpc) is 2.43. The first kappa shape index (κ1) is 16.0. The summed E-state index contributed by atoms with van der Waals surface area (Å²) in [5.41, 5.74) is 7.38. The van der Waals surface area contributed by atoms with E-state index >= 15 is 0 Å². The highest BCUT2D eigenvalue weighted by Crippen LogP contribution is 2.34. The van der Waals surface area contributed by atoms with E-state index in [1.54, 1.807) is 7.11 Å². The molecule has 0 radical (unpaired) electrons. The third-order valence-electron chi connectivity index (χ3n) is 3.98. The Morgan fingerprint density at radius 3 is 2.53 bits per heavy atom. The normalized spacial score (nSPS) is 15.8. The van der Waals surface area contributed by atoms with Crippen molar-refractivity contribution in [1.29, 1.82) is 0 Å². The Bertz CT molecular complexity index is 373. The van der Waals surface area contributed by atoms with E-state index in [2.05, 4.69) is 26.8 Å². The average molecular weight is 263 g/mol. The molecule has 0 aliphatic carbocycles. The van der Waals surface area contributed by atoms with Crippen molar-refractivity contribution < 1.29 is 4.74 Å². The van der Waals surface area contributed by atoms with Crippen molar-refractivity contribution in [1.82, 2.24) is 0 Å². The number of ether oxygens (including phenoxy) is 1. The molecular weight excluding hydrogens is 234 g/mol. The lowest BCUT2D eigenvalue weighted by Crippen LogP contribution is -2.35. The number of methoxy groups -OCH3 is 1. The summed E-state index contributed by atoms with van der Waals surface area (Å²) < 4.78 is 5.45. The number of para-hydroxylation sites is 1. The van der Waals surface area contributed by atoms with Crippen LogP contribution < -0.4 is 10.5 Å². The van der Waals surface area contributed by atoms with Crippen LogP contribution in [0.25, 0.3) is 0 Å². The molecular formula is C17H29NO. The third-order valence-corrected chi connectivity index (χ3v) is 3.98. The van der Waals surface area contributed by atoms with Gasteiger partial charge >= 0.3 is 0 Å². The van der Waals surface area contributed by atoms with Crippen molar-refractivity contribution in [2.24, 2.45) is 11.7 Å². The van der Waals surface area contributed by atoms with Gasteiger partial charge in [0.15, 0.2) is 0 Å². The Labute approximate surface area is 118 Å². The molecule has 0 amide bonds. The maximum atomic E-state index is 6.58. The van der Waals surface area contributed by atoms with Crippen molar-refractivity contribution in [3.05, 3.63) is 29.8 Å². The molecule has 0 aliphatic heterocycles. The molecule has 0 aromatic heterocycles. The van der Waals surface area contributed by atoms with Crippen LogP contribution in [0.4, 0.5) is 0 Å². The zero-order chi connectivity index (χ0) is 14.3. The van der Waals surface area contributed by atoms with Gasteiger partial charge in [0.2, 0.25) is 0 Å². The predicted molar refractivity (Wildman–Crippen MR) is 82.5 cm³/mol. The Kier molecular flexibility index (Phi) is 6.36. The van der Waals surface area contributed by atoms with E-state index in [0.29, 0.717) is 5.92 Å². The molecule has 0 aliphatic rings. The minimum absolute atomic E-state index is 0.318. The molecule has 2 N–H and O–H groups in total. The topological polar surface area (TPSA) is 35.2 Å². The second kappa shape index (κ2) is 7.54. The van der Waals surface area contributed by atoms with Crippen molar-refractivity contribution in [2.75, 3.05) is 7.11 Å². The molecule has 1 aromatic carbocycles. The van der Waals surface area contributed by atoms with Gasteiger partial charge in [-0.3, -0.25) is 0 Å². The van der Waals surface area contributed by atoms with Crippen LogP contribution in [0, 0.1) is 5.92 Å². The lowest BCUT2D eigenvalue weighted by Gasteiger charge is -2.31. The van der Waals surface area contributed by atoms with Gasteiger partial charge in [0.05, 0.1) is 7.11 Å². The molecule has 1 rings (SSSR count). The molecule has 0 heterocycles. The highest BCUT2D eigenvalue weighted by atomic mass is 16.5. The molecule has 0 bridgehead atoms. The van der Waals surface area contributed by atoms with Crippen molar-refractivity contribution in [3.63, 3.8) is 0 Å². The van der Waals surface area contributed by atoms with Crippen molar-refractivity contribution in [3.8, 4) is 5.75 Å². The fourth-order valence-corrected chi connectivity index (χ4v) is 2.77. The van der Waals surface area contributed by atoms with Gasteiger partial charge in [-0.2, -0.15) is 0 Å². The summed E-state index contributed by atoms with van der Waals surface area (Å²) >= 11 is 0. The Balaban J connectivity index is 2.83. The van der Waals surface area contributed by atoms with Crippen LogP contribution in [-0.4, -0.2) is 7.11 Å². The maximum absolute atomic E-state index is 6.58. The second-order valence-electron chi connectivity index (χ2n) is 5.74. The fourth-order valence-electron chi connectivity index (χ4n) is 2.77. The highest BCUT2D eigenvalue weighted by Gasteiger charge is 2.27. The molecule has 2 nitrogen and oxygen atoms in total. The van der Waals surface area contributed by atoms with E-state index in [1.807, 2.05) is 18.2 Å². The Hall–Kier alpha value is -1.02. The van der Waals surface area contributed by atoms with Crippen LogP contribution in [0.1, 0.15) is 58.4 Å². The van der Waals surface area contributed by atoms with Gasteiger partial charge in [-0.1, -0.05) is 57.7 Å². The Morgan fingerprint density at radius 2 is 1.95 bits per heavy atom. The van der Waals surface area contributed by atoms with Crippen LogP contribution in [0.2, 0.25) is 0 Å². The molecule has 108 valence electrons. The minimum Gasteiger partial charge on any atom is -0.496 e. The highest BCUT2D eigenvalue weighted by molar-refractivity contribution is 5.38. The zero-order valence-corrected chi connectivity index (χ0v) is 12.9. The molecule has 0 fully saturated rings. The van der Waals surface area contributed by atoms with E-state index in [-0.39, 0.29) is 5.54 Å². The first-order valence-corrected chi connectivity index (χ1v) is 7.47. The summed E-state index contributed by atoms with van der Waals surface area (Å²) in [5.74, 6) is 1.60. The smallest absolute Gasteiger partial charge is 0.123 e. The van der Waals surface area contributed by atoms with Gasteiger partial charge in [-0.05, 0) is 25.3 Å². The lowest BCUT2D eigenvalue weighted by molar-refractivity contribution is 0.304. The SMILES string of the molecule is CCCCC(CC)CC(C)(N)c1ccccc1OC. The van der Waals surface area contributed by atoms with Crippen LogP contribution in [0.5, 0.6) is 5.75 Å². The standard InChI is InChI=1S/C17H29NO/c1-5-7-10-14(6-2)13-17(3,18)15-11-8-9-12-16(15)19-4/h8-9,11-12,14H,5-7,10,13,18H2,1-4H3. The number of unbranched alkanes of at least 4 members (excludes halogenated alkanes) is 1. The number of nitrogens with two attached hydrogens (primary N) is 1. The van der Waals surface area contributed by atoms with Crippen molar-refractivity contribution >= 4 is 0 Å². The number of hydrogen-bond acceptors (Lipinski definition) is 2. The molecule has 0 saturated heterocycles. The molecule has 0 saturated carbocycles. The molecule has 2 atom stereocenters. The van der Waals surface area contributed by atoms with E-state index < -0.39 is 0 Å². The second-order valence-corrected chi connectivity index (χ2v) is 5.74. The summed E-state index contributed by atoms with van der Waals surface area (Å²) in [7, 11) is 1.71. The number of benzene rings is 1. The van der Waals surface area contributed by atoms with Gasteiger partial charge in [0.25, 0.3) is 0 Å². The largest absolute Gasteiger partial charge is 0.496 e. The lowest BCUT2D eigenvalue weighted by atomic mass is 9.80. The number of hydrogen-bond donors (Lipinski definition) is 1. The number of rotatable bonds is 8. The quantitative estimate of drug-likeness (QED) is 0.750. The molecule has 0 spiro atoms. The summed E-state index contributed by atoms with van der Waals surface area (Å²) in [6, 6.07) is 8.11. The first-order valence-electron chi connectivity index (χ1n) is 7.47. The summed E-state index contributed by atoms with van der Waals surface area (Å²) in [6.45, 7) is 6.63.